The number of rotatable bonds is 17. The highest BCUT2D eigenvalue weighted by atomic mass is 15.1. The van der Waals surface area contributed by atoms with E-state index in [-0.39, 0.29) is 0 Å². The van der Waals surface area contributed by atoms with Crippen molar-refractivity contribution in [3.63, 3.8) is 0 Å². The Balaban J connectivity index is 0.000000117. The van der Waals surface area contributed by atoms with Crippen LogP contribution in [0.15, 0.2) is 540 Å². The van der Waals surface area contributed by atoms with E-state index in [0.717, 1.165) is 110 Å². The Morgan fingerprint density at radius 3 is 0.583 bits per heavy atom. The molecule has 23 aromatic carbocycles. The van der Waals surface area contributed by atoms with Crippen LogP contribution in [0.1, 0.15) is 0 Å². The van der Waals surface area contributed by atoms with Crippen molar-refractivity contribution in [2.45, 2.75) is 0 Å². The lowest BCUT2D eigenvalue weighted by Gasteiger charge is -2.15. The van der Waals surface area contributed by atoms with E-state index < -0.39 is 0 Å². The molecule has 9 heteroatoms. The molecule has 0 N–H and O–H groups in total. The summed E-state index contributed by atoms with van der Waals surface area (Å²) in [6, 6.07) is 189. The second kappa shape index (κ2) is 39.6. The molecule has 0 saturated heterocycles. The van der Waals surface area contributed by atoms with Gasteiger partial charge in [0.25, 0.3) is 0 Å². The molecule has 0 atom stereocenters. The number of hydrogen-bond donors (Lipinski definition) is 0. The molecule has 0 unspecified atom stereocenters. The summed E-state index contributed by atoms with van der Waals surface area (Å²) in [7, 11) is 0. The molecule has 9 nitrogen and oxygen atoms in total. The zero-order valence-corrected chi connectivity index (χ0v) is 78.4. The molecule has 0 aliphatic carbocycles. The van der Waals surface area contributed by atoms with Crippen LogP contribution in [-0.2, 0) is 0 Å². The van der Waals surface area contributed by atoms with E-state index in [2.05, 4.69) is 419 Å². The Bertz CT molecular complexity index is 9080. The zero-order valence-electron chi connectivity index (χ0n) is 78.4. The van der Waals surface area contributed by atoms with Gasteiger partial charge in [0, 0.05) is 66.2 Å². The molecule has 0 radical (unpaired) electrons. The highest BCUT2D eigenvalue weighted by Gasteiger charge is 2.23. The Morgan fingerprint density at radius 1 is 0.0903 bits per heavy atom. The standard InChI is InChI=1S/2C47H31N3.C41H27N3/c1-4-12-32(13-5-1)34-20-22-36(23-21-34)41-30-40-29-26-37-16-10-11-19-42(37)44(40)43(31-41)47-49-45(38-17-8-3-9-18-38)48-46(50-47)39-27-24-35(25-28-39)33-14-6-2-7-15-33;1-4-11-32(12-5-1)34-19-21-36(22-20-34)41-30-26-37-25-27-38-17-10-18-42(44(38)43(37)31-41)47-49-45(39-15-8-3-9-16-39)48-46(50-47)40-28-23-35(24-29-40)33-13-6-2-7-14-33;1-4-11-28(12-5-1)29-19-21-30(22-20-29)35-26-24-31-23-25-32-17-10-18-36(38(32)37(31)27-35)41-43-39(33-13-6-2-7-14-33)42-40(44-41)34-15-8-3-9-16-34/h2*1-31H;1-27H. The lowest BCUT2D eigenvalue weighted by atomic mass is 9.92. The molecule has 0 spiro atoms. The third kappa shape index (κ3) is 18.3. The lowest BCUT2D eigenvalue weighted by Crippen LogP contribution is -2.01. The minimum atomic E-state index is 0.638. The molecule has 3 aromatic heterocycles. The average Bonchev–Trinajstić information content (AvgIpc) is 0.756. The van der Waals surface area contributed by atoms with Gasteiger partial charge in [-0.1, -0.05) is 516 Å². The number of benzene rings is 23. The van der Waals surface area contributed by atoms with Crippen LogP contribution in [-0.4, -0.2) is 44.9 Å². The lowest BCUT2D eigenvalue weighted by molar-refractivity contribution is 1.08. The molecule has 26 aromatic rings. The van der Waals surface area contributed by atoms with E-state index in [4.69, 9.17) is 44.9 Å². The monoisotopic (exact) mass is 1840 g/mol. The number of hydrogen-bond acceptors (Lipinski definition) is 9. The highest BCUT2D eigenvalue weighted by Crippen LogP contribution is 2.44. The van der Waals surface area contributed by atoms with Gasteiger partial charge in [-0.3, -0.25) is 0 Å². The average molecular weight is 1840 g/mol. The number of nitrogens with zero attached hydrogens (tertiary/aromatic N) is 9. The van der Waals surface area contributed by atoms with Gasteiger partial charge in [-0.15, -0.1) is 0 Å². The Labute approximate surface area is 835 Å². The molecule has 0 amide bonds. The van der Waals surface area contributed by atoms with Crippen molar-refractivity contribution >= 4 is 64.6 Å². The first-order chi connectivity index (χ1) is 71.3. The predicted molar refractivity (Wildman–Crippen MR) is 597 cm³/mol. The highest BCUT2D eigenvalue weighted by molar-refractivity contribution is 6.18. The number of aromatic nitrogens is 9. The molecule has 3 heterocycles. The van der Waals surface area contributed by atoms with Crippen molar-refractivity contribution in [3.05, 3.63) is 540 Å². The van der Waals surface area contributed by atoms with Gasteiger partial charge in [-0.2, -0.15) is 0 Å². The van der Waals surface area contributed by atoms with E-state index in [1.54, 1.807) is 0 Å². The molecule has 0 aliphatic heterocycles. The molecule has 0 saturated carbocycles. The van der Waals surface area contributed by atoms with Crippen molar-refractivity contribution in [1.82, 2.24) is 44.9 Å². The van der Waals surface area contributed by atoms with Crippen LogP contribution in [0.3, 0.4) is 0 Å². The van der Waals surface area contributed by atoms with Gasteiger partial charge in [0.15, 0.2) is 52.4 Å². The van der Waals surface area contributed by atoms with E-state index >= 15 is 0 Å². The summed E-state index contributed by atoms with van der Waals surface area (Å²) in [5, 5.41) is 13.8. The molecule has 674 valence electrons. The summed E-state index contributed by atoms with van der Waals surface area (Å²) in [6.45, 7) is 0. The fourth-order valence-corrected chi connectivity index (χ4v) is 19.4. The third-order valence-corrected chi connectivity index (χ3v) is 26.8. The van der Waals surface area contributed by atoms with Crippen LogP contribution in [0.5, 0.6) is 0 Å². The summed E-state index contributed by atoms with van der Waals surface area (Å²) >= 11 is 0. The van der Waals surface area contributed by atoms with E-state index in [1.807, 2.05) is 121 Å². The zero-order chi connectivity index (χ0) is 95.9. The first-order valence-corrected chi connectivity index (χ1v) is 48.5. The maximum atomic E-state index is 5.23. The smallest absolute Gasteiger partial charge is 0.164 e. The summed E-state index contributed by atoms with van der Waals surface area (Å²) < 4.78 is 0. The summed E-state index contributed by atoms with van der Waals surface area (Å²) in [5.74, 6) is 5.84. The minimum Gasteiger partial charge on any atom is -0.208 e. The van der Waals surface area contributed by atoms with Crippen LogP contribution in [0.2, 0.25) is 0 Å². The van der Waals surface area contributed by atoms with Gasteiger partial charge >= 0.3 is 0 Å². The normalized spacial score (nSPS) is 11.2. The maximum Gasteiger partial charge on any atom is 0.164 e. The summed E-state index contributed by atoms with van der Waals surface area (Å²) in [5.41, 5.74) is 27.5. The fraction of sp³-hybridized carbons (Fsp3) is 0. The Morgan fingerprint density at radius 2 is 0.278 bits per heavy atom. The van der Waals surface area contributed by atoms with Crippen LogP contribution in [0, 0.1) is 0 Å². The first kappa shape index (κ1) is 87.4. The van der Waals surface area contributed by atoms with Gasteiger partial charge in [0.05, 0.1) is 0 Å². The minimum absolute atomic E-state index is 0.638. The number of fused-ring (bicyclic) bond motifs is 9. The molecular formula is C135H89N9. The fourth-order valence-electron chi connectivity index (χ4n) is 19.4. The second-order valence-corrected chi connectivity index (χ2v) is 35.8. The van der Waals surface area contributed by atoms with Crippen molar-refractivity contribution in [1.29, 1.82) is 0 Å². The first-order valence-electron chi connectivity index (χ1n) is 48.5. The summed E-state index contributed by atoms with van der Waals surface area (Å²) in [6.07, 6.45) is 0. The largest absolute Gasteiger partial charge is 0.208 e. The van der Waals surface area contributed by atoms with Crippen LogP contribution in [0.4, 0.5) is 0 Å². The van der Waals surface area contributed by atoms with Crippen molar-refractivity contribution < 1.29 is 0 Å². The molecule has 0 aliphatic rings. The van der Waals surface area contributed by atoms with Crippen LogP contribution < -0.4 is 0 Å². The second-order valence-electron chi connectivity index (χ2n) is 35.8. The van der Waals surface area contributed by atoms with Crippen molar-refractivity contribution in [3.8, 4) is 192 Å². The molecule has 0 bridgehead atoms. The van der Waals surface area contributed by atoms with Gasteiger partial charge < -0.3 is 0 Å². The van der Waals surface area contributed by atoms with E-state index in [1.165, 1.54) is 93.7 Å². The molecule has 144 heavy (non-hydrogen) atoms. The third-order valence-electron chi connectivity index (χ3n) is 26.8. The summed E-state index contributed by atoms with van der Waals surface area (Å²) in [4.78, 5) is 45.7. The molecular weight excluding hydrogens is 1750 g/mol. The molecule has 26 rings (SSSR count). The Hall–Kier alpha value is -19.4. The van der Waals surface area contributed by atoms with Crippen molar-refractivity contribution in [2.75, 3.05) is 0 Å². The maximum absolute atomic E-state index is 5.23. The van der Waals surface area contributed by atoms with Gasteiger partial charge in [-0.05, 0) is 162 Å². The Kier molecular flexibility index (Phi) is 24.1. The van der Waals surface area contributed by atoms with Gasteiger partial charge in [-0.25, -0.2) is 44.9 Å². The molecule has 0 fully saturated rings. The van der Waals surface area contributed by atoms with Gasteiger partial charge in [0.2, 0.25) is 0 Å². The predicted octanol–water partition coefficient (Wildman–Crippen LogP) is 34.9. The quantitative estimate of drug-likeness (QED) is 0.0822. The van der Waals surface area contributed by atoms with Crippen molar-refractivity contribution in [2.24, 2.45) is 0 Å². The SMILES string of the molecule is c1ccc(-c2ccc(-c3cc(-c4nc(-c5ccccc5)nc(-c5ccc(-c6ccccc6)cc5)n4)c4c(ccc5ccccc54)c3)cc2)cc1.c1ccc(-c2ccc(-c3ccc4ccc5cccc(-c6nc(-c7ccccc7)nc(-c7ccc(-c8ccccc8)cc7)n6)c5c4c3)cc2)cc1.c1ccc(-c2ccc(-c3ccc4ccc5cccc(-c6nc(-c7ccccc7)nc(-c7ccccc7)n6)c5c4c3)cc2)cc1. The van der Waals surface area contributed by atoms with Gasteiger partial charge in [0.1, 0.15) is 0 Å². The van der Waals surface area contributed by atoms with E-state index in [9.17, 15) is 0 Å². The topological polar surface area (TPSA) is 116 Å². The van der Waals surface area contributed by atoms with Crippen LogP contribution >= 0.6 is 0 Å². The van der Waals surface area contributed by atoms with E-state index in [0.29, 0.717) is 52.4 Å². The van der Waals surface area contributed by atoms with Crippen LogP contribution in [0.25, 0.3) is 256 Å².